The number of nitrogens with zero attached hydrogens (tertiary/aromatic N) is 1. The minimum atomic E-state index is -5.84. The molecule has 1 N–H and O–H groups in total. The van der Waals surface area contributed by atoms with Gasteiger partial charge in [-0.1, -0.05) is 0 Å². The second kappa shape index (κ2) is 8.63. The molecule has 0 saturated carbocycles. The Labute approximate surface area is 144 Å². The van der Waals surface area contributed by atoms with E-state index in [1.165, 1.54) is 36.5 Å². The van der Waals surface area contributed by atoms with Crippen molar-refractivity contribution in [1.82, 2.24) is 0 Å². The first kappa shape index (κ1) is 21.4. The lowest BCUT2D eigenvalue weighted by molar-refractivity contribution is -0.384. The van der Waals surface area contributed by atoms with Gasteiger partial charge in [0, 0.05) is 17.7 Å². The quantitative estimate of drug-likeness (QED) is 0.207. The van der Waals surface area contributed by atoms with Crippen molar-refractivity contribution in [2.45, 2.75) is 18.3 Å². The van der Waals surface area contributed by atoms with Gasteiger partial charge in [0.1, 0.15) is 11.5 Å². The molecule has 0 unspecified atom stereocenters. The fraction of sp³-hybridized carbons (Fsp3) is 0.462. The van der Waals surface area contributed by atoms with E-state index in [2.05, 4.69) is 0 Å². The van der Waals surface area contributed by atoms with E-state index in [1.807, 2.05) is 0 Å². The molecule has 12 heteroatoms. The Hall–Kier alpha value is -1.66. The number of nitro groups is 1. The van der Waals surface area contributed by atoms with Crippen LogP contribution in [-0.2, 0) is 21.0 Å². The summed E-state index contributed by atoms with van der Waals surface area (Å²) in [6.07, 6.45) is 2.47. The first-order chi connectivity index (χ1) is 11.4. The van der Waals surface area contributed by atoms with Gasteiger partial charge in [0.25, 0.3) is 5.69 Å². The number of non-ortho nitro benzene ring substituents is 1. The molecule has 0 amide bonds. The summed E-state index contributed by atoms with van der Waals surface area (Å²) in [5.41, 5.74) is -4.91. The van der Waals surface area contributed by atoms with Gasteiger partial charge in [-0.15, -0.1) is 0 Å². The molecule has 7 nitrogen and oxygen atoms in total. The maximum Gasteiger partial charge on any atom is 0.522 e. The number of hydrogen-bond donors (Lipinski definition) is 1. The standard InChI is InChI=1S/C12H14NO3S.CHF3O3S/c14-12(9-17-7-1-2-8-17)10-3-5-11(6-4-10)13(15)16;2-1(3,4)8(5,6)7/h3-6H,1-2,7-9H2;(H,5,6,7)/q+1;. The van der Waals surface area contributed by atoms with Gasteiger partial charge >= 0.3 is 15.6 Å². The van der Waals surface area contributed by atoms with E-state index in [-0.39, 0.29) is 22.4 Å². The highest BCUT2D eigenvalue weighted by atomic mass is 32.2. The largest absolute Gasteiger partial charge is 0.522 e. The molecule has 25 heavy (non-hydrogen) atoms. The molecule has 1 saturated heterocycles. The zero-order chi connectivity index (χ0) is 19.3. The van der Waals surface area contributed by atoms with Gasteiger partial charge in [0.15, 0.2) is 5.75 Å². The second-order valence-corrected chi connectivity index (χ2v) is 8.76. The van der Waals surface area contributed by atoms with Crippen molar-refractivity contribution in [3.8, 4) is 0 Å². The molecule has 0 radical (unpaired) electrons. The topological polar surface area (TPSA) is 115 Å². The van der Waals surface area contributed by atoms with Crippen molar-refractivity contribution in [1.29, 1.82) is 0 Å². The lowest BCUT2D eigenvalue weighted by Gasteiger charge is -2.00. The molecule has 1 aromatic rings. The van der Waals surface area contributed by atoms with E-state index in [1.54, 1.807) is 12.1 Å². The zero-order valence-corrected chi connectivity index (χ0v) is 14.4. The van der Waals surface area contributed by atoms with Crippen LogP contribution in [0, 0.1) is 10.1 Å². The molecule has 0 aromatic heterocycles. The highest BCUT2D eigenvalue weighted by Gasteiger charge is 2.44. The number of benzene rings is 1. The first-order valence-electron chi connectivity index (χ1n) is 6.87. The molecule has 1 heterocycles. The lowest BCUT2D eigenvalue weighted by Crippen LogP contribution is -2.21. The van der Waals surface area contributed by atoms with Crippen molar-refractivity contribution in [2.75, 3.05) is 17.3 Å². The van der Waals surface area contributed by atoms with E-state index in [4.69, 9.17) is 13.0 Å². The van der Waals surface area contributed by atoms with Crippen LogP contribution in [0.1, 0.15) is 23.2 Å². The van der Waals surface area contributed by atoms with Gasteiger partial charge < -0.3 is 0 Å². The van der Waals surface area contributed by atoms with E-state index < -0.39 is 20.5 Å². The summed E-state index contributed by atoms with van der Waals surface area (Å²) < 4.78 is 57.5. The fourth-order valence-electron chi connectivity index (χ4n) is 1.90. The third-order valence-corrected chi connectivity index (χ3v) is 6.13. The van der Waals surface area contributed by atoms with E-state index >= 15 is 0 Å². The smallest absolute Gasteiger partial charge is 0.289 e. The molecular weight excluding hydrogens is 387 g/mol. The maximum atomic E-state index is 11.9. The molecular formula is C13H15F3NO6S2+. The molecule has 140 valence electrons. The molecule has 0 aliphatic carbocycles. The summed E-state index contributed by atoms with van der Waals surface area (Å²) in [4.78, 5) is 22.0. The average molecular weight is 402 g/mol. The average Bonchev–Trinajstić information content (AvgIpc) is 2.99. The first-order valence-corrected chi connectivity index (χ1v) is 10.0. The van der Waals surface area contributed by atoms with Crippen LogP contribution >= 0.6 is 0 Å². The molecule has 0 atom stereocenters. The molecule has 1 fully saturated rings. The van der Waals surface area contributed by atoms with Crippen molar-refractivity contribution in [3.63, 3.8) is 0 Å². The maximum absolute atomic E-state index is 11.9. The van der Waals surface area contributed by atoms with Crippen molar-refractivity contribution in [3.05, 3.63) is 39.9 Å². The van der Waals surface area contributed by atoms with Gasteiger partial charge in [-0.2, -0.15) is 21.6 Å². The summed E-state index contributed by atoms with van der Waals surface area (Å²) in [5, 5.41) is 10.5. The summed E-state index contributed by atoms with van der Waals surface area (Å²) in [5.74, 6) is 3.06. The summed E-state index contributed by atoms with van der Waals surface area (Å²) >= 11 is 0. The molecule has 2 rings (SSSR count). The van der Waals surface area contributed by atoms with Gasteiger partial charge in [-0.25, -0.2) is 0 Å². The third kappa shape index (κ3) is 7.00. The Morgan fingerprint density at radius 2 is 1.64 bits per heavy atom. The number of hydrogen-bond acceptors (Lipinski definition) is 5. The van der Waals surface area contributed by atoms with Crippen LogP contribution in [0.5, 0.6) is 0 Å². The molecule has 1 aromatic carbocycles. The van der Waals surface area contributed by atoms with E-state index in [0.717, 1.165) is 0 Å². The monoisotopic (exact) mass is 402 g/mol. The number of halogens is 3. The lowest BCUT2D eigenvalue weighted by atomic mass is 10.1. The second-order valence-electron chi connectivity index (χ2n) is 5.02. The Morgan fingerprint density at radius 1 is 1.20 bits per heavy atom. The molecule has 1 aliphatic rings. The highest BCUT2D eigenvalue weighted by Crippen LogP contribution is 2.20. The predicted molar refractivity (Wildman–Crippen MR) is 86.2 cm³/mol. The third-order valence-electron chi connectivity index (χ3n) is 3.14. The van der Waals surface area contributed by atoms with Crippen molar-refractivity contribution < 1.29 is 35.9 Å². The summed E-state index contributed by atoms with van der Waals surface area (Å²) in [6.45, 7) is 0. The van der Waals surface area contributed by atoms with Crippen molar-refractivity contribution >= 4 is 32.5 Å². The van der Waals surface area contributed by atoms with E-state index in [0.29, 0.717) is 11.3 Å². The predicted octanol–water partition coefficient (Wildman–Crippen LogP) is 2.58. The number of rotatable bonds is 4. The van der Waals surface area contributed by atoms with Crippen molar-refractivity contribution in [2.24, 2.45) is 0 Å². The van der Waals surface area contributed by atoms with E-state index in [9.17, 15) is 28.1 Å². The number of nitro benzene ring substituents is 1. The molecule has 0 bridgehead atoms. The Balaban J connectivity index is 0.000000333. The van der Waals surface area contributed by atoms with Crippen LogP contribution in [0.2, 0.25) is 0 Å². The summed E-state index contributed by atoms with van der Waals surface area (Å²) in [6, 6.07) is 5.90. The minimum absolute atomic E-state index is 0.0323. The SMILES string of the molecule is O=C(C[S+]1CCCC1)c1ccc([N+](=O)[O-])cc1.O=S(=O)(O)C(F)(F)F. The number of carbonyl (C=O) groups excluding carboxylic acids is 1. The number of alkyl halides is 3. The van der Waals surface area contributed by atoms with Crippen LogP contribution in [0.25, 0.3) is 0 Å². The highest BCUT2D eigenvalue weighted by molar-refractivity contribution is 7.97. The van der Waals surface area contributed by atoms with Gasteiger partial charge in [-0.05, 0) is 35.9 Å². The Kier molecular flexibility index (Phi) is 7.38. The van der Waals surface area contributed by atoms with Crippen LogP contribution in [0.3, 0.4) is 0 Å². The number of ketones is 1. The zero-order valence-electron chi connectivity index (χ0n) is 12.7. The Morgan fingerprint density at radius 3 is 2.00 bits per heavy atom. The van der Waals surface area contributed by atoms with Gasteiger partial charge in [0.05, 0.1) is 4.92 Å². The Bertz CT molecular complexity index is 712. The minimum Gasteiger partial charge on any atom is -0.289 e. The van der Waals surface area contributed by atoms with Crippen LogP contribution in [-0.4, -0.2) is 46.4 Å². The molecule has 1 aliphatic heterocycles. The fourth-order valence-corrected chi connectivity index (χ4v) is 4.15. The van der Waals surface area contributed by atoms with Crippen LogP contribution in [0.4, 0.5) is 18.9 Å². The molecule has 0 spiro atoms. The van der Waals surface area contributed by atoms with Crippen LogP contribution < -0.4 is 0 Å². The van der Waals surface area contributed by atoms with Gasteiger partial charge in [-0.3, -0.25) is 19.5 Å². The summed E-state index contributed by atoms with van der Waals surface area (Å²) in [7, 11) is -5.60. The normalized spacial score (nSPS) is 15.4. The van der Waals surface area contributed by atoms with Crippen LogP contribution in [0.15, 0.2) is 24.3 Å². The van der Waals surface area contributed by atoms with Gasteiger partial charge in [0.2, 0.25) is 5.78 Å². The number of Topliss-reactive ketones (excluding diaryl/α,β-unsaturated/α-hetero) is 1. The number of carbonyl (C=O) groups is 1.